The van der Waals surface area contributed by atoms with E-state index in [2.05, 4.69) is 4.98 Å². The van der Waals surface area contributed by atoms with Gasteiger partial charge in [0.1, 0.15) is 11.4 Å². The maximum absolute atomic E-state index is 12.5. The van der Waals surface area contributed by atoms with E-state index in [0.717, 1.165) is 21.2 Å². The maximum Gasteiger partial charge on any atom is 0.274 e. The van der Waals surface area contributed by atoms with Crippen LogP contribution in [0.5, 0.6) is 5.75 Å². The van der Waals surface area contributed by atoms with E-state index >= 15 is 0 Å². The number of benzene rings is 1. The third-order valence-electron chi connectivity index (χ3n) is 4.03. The molecular weight excluding hydrogens is 326 g/mol. The highest BCUT2D eigenvalue weighted by molar-refractivity contribution is 7.20. The van der Waals surface area contributed by atoms with Gasteiger partial charge >= 0.3 is 0 Å². The molecule has 0 bridgehead atoms. The molecule has 124 valence electrons. The minimum atomic E-state index is -0.0304. The number of fused-ring (bicyclic) bond motifs is 1. The Morgan fingerprint density at radius 1 is 1.29 bits per heavy atom. The van der Waals surface area contributed by atoms with Crippen molar-refractivity contribution < 1.29 is 14.3 Å². The number of methoxy groups -OCH3 is 1. The summed E-state index contributed by atoms with van der Waals surface area (Å²) in [6.07, 6.45) is 3.80. The lowest BCUT2D eigenvalue weighted by atomic mass is 10.2. The van der Waals surface area contributed by atoms with Gasteiger partial charge in [-0.05, 0) is 17.7 Å². The van der Waals surface area contributed by atoms with Gasteiger partial charge in [-0.15, -0.1) is 0 Å². The minimum absolute atomic E-state index is 0.0304. The van der Waals surface area contributed by atoms with Crippen molar-refractivity contribution in [2.75, 3.05) is 33.4 Å². The van der Waals surface area contributed by atoms with Crippen LogP contribution >= 0.6 is 11.3 Å². The number of rotatable bonds is 3. The number of thiazole rings is 1. The van der Waals surface area contributed by atoms with E-state index in [1.54, 1.807) is 29.5 Å². The highest BCUT2D eigenvalue weighted by atomic mass is 32.1. The lowest BCUT2D eigenvalue weighted by Gasteiger charge is -2.25. The second kappa shape index (κ2) is 6.26. The van der Waals surface area contributed by atoms with E-state index in [1.165, 1.54) is 0 Å². The molecule has 3 aromatic rings. The zero-order valence-electron chi connectivity index (χ0n) is 13.3. The second-order valence-electron chi connectivity index (χ2n) is 5.55. The molecule has 0 spiro atoms. The van der Waals surface area contributed by atoms with Gasteiger partial charge in [-0.25, -0.2) is 4.98 Å². The summed E-state index contributed by atoms with van der Waals surface area (Å²) in [5, 5.41) is 0. The maximum atomic E-state index is 12.5. The molecule has 0 aliphatic carbocycles. The van der Waals surface area contributed by atoms with Crippen LogP contribution in [0.1, 0.15) is 10.5 Å². The molecule has 1 amide bonds. The molecule has 1 fully saturated rings. The summed E-state index contributed by atoms with van der Waals surface area (Å²) in [4.78, 5) is 20.7. The number of amides is 1. The van der Waals surface area contributed by atoms with E-state index in [1.807, 2.05) is 34.9 Å². The number of carbonyl (C=O) groups is 1. The number of carbonyl (C=O) groups excluding carboxylic acids is 1. The van der Waals surface area contributed by atoms with E-state index in [0.29, 0.717) is 32.0 Å². The van der Waals surface area contributed by atoms with Gasteiger partial charge in [0.15, 0.2) is 4.96 Å². The van der Waals surface area contributed by atoms with E-state index in [-0.39, 0.29) is 5.91 Å². The van der Waals surface area contributed by atoms with Gasteiger partial charge in [0, 0.05) is 25.5 Å². The van der Waals surface area contributed by atoms with Crippen LogP contribution in [0, 0.1) is 0 Å². The fourth-order valence-corrected chi connectivity index (χ4v) is 3.70. The second-order valence-corrected chi connectivity index (χ2v) is 6.56. The van der Waals surface area contributed by atoms with Gasteiger partial charge in [0.25, 0.3) is 5.91 Å². The Kier molecular flexibility index (Phi) is 3.95. The molecule has 3 heterocycles. The van der Waals surface area contributed by atoms with Crippen molar-refractivity contribution in [3.8, 4) is 16.2 Å². The molecule has 0 atom stereocenters. The first kappa shape index (κ1) is 15.2. The smallest absolute Gasteiger partial charge is 0.274 e. The standard InChI is InChI=1S/C17H17N3O3S/c1-22-13-4-2-3-12(9-13)15-11-20-10-14(18-17(20)24-15)16(21)19-5-7-23-8-6-19/h2-4,9-11H,5-8H2,1H3. The predicted molar refractivity (Wildman–Crippen MR) is 91.8 cm³/mol. The summed E-state index contributed by atoms with van der Waals surface area (Å²) >= 11 is 1.56. The molecule has 7 heteroatoms. The predicted octanol–water partition coefficient (Wildman–Crippen LogP) is 2.54. The Balaban J connectivity index is 1.61. The Labute approximate surface area is 143 Å². The number of morpholine rings is 1. The summed E-state index contributed by atoms with van der Waals surface area (Å²) in [7, 11) is 1.66. The molecule has 0 N–H and O–H groups in total. The van der Waals surface area contributed by atoms with Gasteiger partial charge in [0.2, 0.25) is 0 Å². The van der Waals surface area contributed by atoms with Gasteiger partial charge in [-0.3, -0.25) is 9.20 Å². The van der Waals surface area contributed by atoms with Crippen LogP contribution in [0.2, 0.25) is 0 Å². The Morgan fingerprint density at radius 2 is 2.12 bits per heavy atom. The zero-order valence-corrected chi connectivity index (χ0v) is 14.1. The summed E-state index contributed by atoms with van der Waals surface area (Å²) < 4.78 is 12.5. The lowest BCUT2D eigenvalue weighted by molar-refractivity contribution is 0.0299. The highest BCUT2D eigenvalue weighted by Gasteiger charge is 2.21. The molecule has 0 radical (unpaired) electrons. The number of aromatic nitrogens is 2. The lowest BCUT2D eigenvalue weighted by Crippen LogP contribution is -2.40. The number of imidazole rings is 1. The van der Waals surface area contributed by atoms with Crippen LogP contribution in [0.25, 0.3) is 15.4 Å². The topological polar surface area (TPSA) is 56.1 Å². The van der Waals surface area contributed by atoms with Crippen LogP contribution < -0.4 is 4.74 Å². The Bertz CT molecular complexity index is 849. The first-order chi connectivity index (χ1) is 11.7. The fraction of sp³-hybridized carbons (Fsp3) is 0.294. The van der Waals surface area contributed by atoms with Crippen LogP contribution in [-0.4, -0.2) is 53.6 Å². The van der Waals surface area contributed by atoms with Crippen molar-refractivity contribution in [1.29, 1.82) is 0 Å². The molecular formula is C17H17N3O3S. The van der Waals surface area contributed by atoms with Crippen molar-refractivity contribution in [1.82, 2.24) is 14.3 Å². The molecule has 0 unspecified atom stereocenters. The third kappa shape index (κ3) is 2.76. The third-order valence-corrected chi connectivity index (χ3v) is 5.07. The van der Waals surface area contributed by atoms with Crippen LogP contribution in [-0.2, 0) is 4.74 Å². The average Bonchev–Trinajstić information content (AvgIpc) is 3.21. The molecule has 2 aromatic heterocycles. The summed E-state index contributed by atoms with van der Waals surface area (Å²) in [5.41, 5.74) is 1.56. The summed E-state index contributed by atoms with van der Waals surface area (Å²) in [6.45, 7) is 2.43. The van der Waals surface area contributed by atoms with Crippen molar-refractivity contribution in [3.63, 3.8) is 0 Å². The molecule has 24 heavy (non-hydrogen) atoms. The quantitative estimate of drug-likeness (QED) is 0.733. The number of hydrogen-bond donors (Lipinski definition) is 0. The largest absolute Gasteiger partial charge is 0.497 e. The van der Waals surface area contributed by atoms with E-state index in [4.69, 9.17) is 9.47 Å². The molecule has 1 aliphatic rings. The van der Waals surface area contributed by atoms with Gasteiger partial charge < -0.3 is 14.4 Å². The normalized spacial score (nSPS) is 15.0. The summed E-state index contributed by atoms with van der Waals surface area (Å²) in [6, 6.07) is 7.91. The first-order valence-electron chi connectivity index (χ1n) is 7.74. The molecule has 1 saturated heterocycles. The summed E-state index contributed by atoms with van der Waals surface area (Å²) in [5.74, 6) is 0.791. The fourth-order valence-electron chi connectivity index (χ4n) is 2.74. The number of nitrogens with zero attached hydrogens (tertiary/aromatic N) is 3. The van der Waals surface area contributed by atoms with E-state index in [9.17, 15) is 4.79 Å². The van der Waals surface area contributed by atoms with Gasteiger partial charge in [-0.2, -0.15) is 0 Å². The van der Waals surface area contributed by atoms with Gasteiger partial charge in [0.05, 0.1) is 25.2 Å². The Hall–Kier alpha value is -2.38. The monoisotopic (exact) mass is 343 g/mol. The highest BCUT2D eigenvalue weighted by Crippen LogP contribution is 2.30. The zero-order chi connectivity index (χ0) is 16.5. The molecule has 6 nitrogen and oxygen atoms in total. The van der Waals surface area contributed by atoms with E-state index < -0.39 is 0 Å². The van der Waals surface area contributed by atoms with Crippen molar-refractivity contribution in [2.24, 2.45) is 0 Å². The van der Waals surface area contributed by atoms with Crippen LogP contribution in [0.3, 0.4) is 0 Å². The molecule has 1 aromatic carbocycles. The SMILES string of the molecule is COc1cccc(-c2cn3cc(C(=O)N4CCOCC4)nc3s2)c1. The number of hydrogen-bond acceptors (Lipinski definition) is 5. The van der Waals surface area contributed by atoms with Gasteiger partial charge in [-0.1, -0.05) is 23.5 Å². The average molecular weight is 343 g/mol. The minimum Gasteiger partial charge on any atom is -0.497 e. The number of ether oxygens (including phenoxy) is 2. The van der Waals surface area contributed by atoms with Crippen molar-refractivity contribution in [3.05, 3.63) is 42.4 Å². The molecule has 0 saturated carbocycles. The van der Waals surface area contributed by atoms with Crippen molar-refractivity contribution >= 4 is 22.2 Å². The first-order valence-corrected chi connectivity index (χ1v) is 8.56. The van der Waals surface area contributed by atoms with Crippen molar-refractivity contribution in [2.45, 2.75) is 0 Å². The van der Waals surface area contributed by atoms with Crippen LogP contribution in [0.15, 0.2) is 36.7 Å². The molecule has 4 rings (SSSR count). The van der Waals surface area contributed by atoms with Crippen LogP contribution in [0.4, 0.5) is 0 Å². The Morgan fingerprint density at radius 3 is 2.88 bits per heavy atom. The molecule has 1 aliphatic heterocycles.